The number of carbonyl (C=O) groups excluding carboxylic acids is 3. The fraction of sp³-hybridized carbons (Fsp3) is 0.333. The van der Waals surface area contributed by atoms with Crippen molar-refractivity contribution in [2.45, 2.75) is 43.8 Å². The molecule has 0 aliphatic carbocycles. The molecule has 2 heterocycles. The van der Waals surface area contributed by atoms with Crippen LogP contribution >= 0.6 is 0 Å². The first-order valence-electron chi connectivity index (χ1n) is 11.7. The number of aromatic amines is 2. The van der Waals surface area contributed by atoms with Crippen molar-refractivity contribution in [1.29, 1.82) is 0 Å². The van der Waals surface area contributed by atoms with Crippen LogP contribution in [-0.4, -0.2) is 79.5 Å². The molecule has 0 bridgehead atoms. The Morgan fingerprint density at radius 3 is 2.42 bits per heavy atom. The monoisotopic (exact) mass is 527 g/mol. The van der Waals surface area contributed by atoms with E-state index >= 15 is 0 Å². The molecule has 14 nitrogen and oxygen atoms in total. The summed E-state index contributed by atoms with van der Waals surface area (Å²) in [5.74, 6) is -4.72. The highest BCUT2D eigenvalue weighted by molar-refractivity contribution is 5.93. The minimum atomic E-state index is -1.28. The van der Waals surface area contributed by atoms with Gasteiger partial charge in [-0.2, -0.15) is 0 Å². The van der Waals surface area contributed by atoms with Crippen LogP contribution in [0.2, 0.25) is 0 Å². The standard InChI is InChI=1S/C24H29N7O7/c25-16(8-14-10-26-12-29-14)22(35)31-18(5-6-21(33)34)23(36)28-11-20(32)30-19(24(37)38)7-13-9-27-17-4-2-1-3-15(13)17/h1-4,9-10,12,16,18-19,27H,5-8,11,25H2,(H,26,29)(H,28,36)(H,30,32)(H,31,35)(H,33,34)(H,37,38). The molecule has 3 unspecified atom stereocenters. The van der Waals surface area contributed by atoms with Crippen molar-refractivity contribution in [3.05, 3.63) is 54.2 Å². The summed E-state index contributed by atoms with van der Waals surface area (Å²) in [7, 11) is 0. The van der Waals surface area contributed by atoms with E-state index in [2.05, 4.69) is 30.9 Å². The quantitative estimate of drug-likeness (QED) is 0.129. The Morgan fingerprint density at radius 1 is 0.974 bits per heavy atom. The van der Waals surface area contributed by atoms with Gasteiger partial charge in [0.15, 0.2) is 0 Å². The van der Waals surface area contributed by atoms with E-state index in [9.17, 15) is 29.1 Å². The van der Waals surface area contributed by atoms with Gasteiger partial charge in [0.25, 0.3) is 0 Å². The second kappa shape index (κ2) is 13.0. The maximum absolute atomic E-state index is 12.7. The number of nitrogens with one attached hydrogen (secondary N) is 5. The number of carbonyl (C=O) groups is 5. The zero-order valence-corrected chi connectivity index (χ0v) is 20.3. The smallest absolute Gasteiger partial charge is 0.326 e. The molecule has 0 saturated heterocycles. The lowest BCUT2D eigenvalue weighted by Gasteiger charge is -2.20. The second-order valence-corrected chi connectivity index (χ2v) is 8.62. The summed E-state index contributed by atoms with van der Waals surface area (Å²) in [5, 5.41) is 26.5. The number of aromatic nitrogens is 3. The molecule has 1 aromatic carbocycles. The maximum Gasteiger partial charge on any atom is 0.326 e. The summed E-state index contributed by atoms with van der Waals surface area (Å²) in [6, 6.07) is 3.73. The molecule has 2 aromatic heterocycles. The van der Waals surface area contributed by atoms with E-state index in [1.807, 2.05) is 24.3 Å². The largest absolute Gasteiger partial charge is 0.481 e. The van der Waals surface area contributed by atoms with Crippen molar-refractivity contribution >= 4 is 40.6 Å². The van der Waals surface area contributed by atoms with Gasteiger partial charge in [0.05, 0.1) is 18.9 Å². The predicted octanol–water partition coefficient (Wildman–Crippen LogP) is -0.961. The summed E-state index contributed by atoms with van der Waals surface area (Å²) in [6.45, 7) is -0.587. The van der Waals surface area contributed by atoms with Gasteiger partial charge in [-0.3, -0.25) is 19.2 Å². The van der Waals surface area contributed by atoms with E-state index in [4.69, 9.17) is 10.8 Å². The molecular weight excluding hydrogens is 498 g/mol. The molecule has 0 saturated carbocycles. The predicted molar refractivity (Wildman–Crippen MR) is 134 cm³/mol. The number of H-pyrrole nitrogens is 2. The average molecular weight is 528 g/mol. The molecule has 3 amide bonds. The van der Waals surface area contributed by atoms with Crippen molar-refractivity contribution in [1.82, 2.24) is 30.9 Å². The SMILES string of the molecule is NC(Cc1cnc[nH]1)C(=O)NC(CCC(=O)O)C(=O)NCC(=O)NC(Cc1c[nH]c2ccccc12)C(=O)O. The fourth-order valence-corrected chi connectivity index (χ4v) is 3.80. The third kappa shape index (κ3) is 7.89. The Bertz CT molecular complexity index is 1290. The van der Waals surface area contributed by atoms with Crippen LogP contribution in [0.1, 0.15) is 24.1 Å². The van der Waals surface area contributed by atoms with Gasteiger partial charge in [-0.05, 0) is 18.1 Å². The van der Waals surface area contributed by atoms with Crippen LogP contribution in [0.15, 0.2) is 43.0 Å². The minimum absolute atomic E-state index is 0.00451. The number of nitrogens with zero attached hydrogens (tertiary/aromatic N) is 1. The first-order chi connectivity index (χ1) is 18.1. The van der Waals surface area contributed by atoms with Crippen LogP contribution in [0.4, 0.5) is 0 Å². The van der Waals surface area contributed by atoms with E-state index in [0.717, 1.165) is 10.9 Å². The molecule has 0 aliphatic heterocycles. The zero-order chi connectivity index (χ0) is 27.7. The van der Waals surface area contributed by atoms with Gasteiger partial charge < -0.3 is 41.9 Å². The van der Waals surface area contributed by atoms with E-state index in [1.54, 1.807) is 6.20 Å². The maximum atomic E-state index is 12.7. The highest BCUT2D eigenvalue weighted by Gasteiger charge is 2.26. The lowest BCUT2D eigenvalue weighted by molar-refractivity contribution is -0.141. The second-order valence-electron chi connectivity index (χ2n) is 8.62. The molecule has 0 spiro atoms. The molecule has 0 aliphatic rings. The van der Waals surface area contributed by atoms with E-state index in [1.165, 1.54) is 12.5 Å². The molecule has 9 N–H and O–H groups in total. The van der Waals surface area contributed by atoms with Crippen molar-refractivity contribution in [3.8, 4) is 0 Å². The van der Waals surface area contributed by atoms with Crippen molar-refractivity contribution in [2.24, 2.45) is 5.73 Å². The normalized spacial score (nSPS) is 13.3. The number of rotatable bonds is 14. The zero-order valence-electron chi connectivity index (χ0n) is 20.3. The van der Waals surface area contributed by atoms with Crippen LogP contribution in [0.3, 0.4) is 0 Å². The van der Waals surface area contributed by atoms with Crippen LogP contribution in [0.5, 0.6) is 0 Å². The van der Waals surface area contributed by atoms with Gasteiger partial charge in [-0.25, -0.2) is 9.78 Å². The topological polar surface area (TPSA) is 232 Å². The average Bonchev–Trinajstić information content (AvgIpc) is 3.54. The Morgan fingerprint density at radius 2 is 1.74 bits per heavy atom. The number of hydrogen-bond donors (Lipinski definition) is 8. The van der Waals surface area contributed by atoms with Gasteiger partial charge in [-0.15, -0.1) is 0 Å². The van der Waals surface area contributed by atoms with Gasteiger partial charge in [0.2, 0.25) is 17.7 Å². The molecule has 0 radical (unpaired) electrons. The highest BCUT2D eigenvalue weighted by Crippen LogP contribution is 2.19. The Kier molecular flexibility index (Phi) is 9.54. The van der Waals surface area contributed by atoms with Crippen LogP contribution in [0.25, 0.3) is 10.9 Å². The fourth-order valence-electron chi connectivity index (χ4n) is 3.80. The van der Waals surface area contributed by atoms with Gasteiger partial charge in [-0.1, -0.05) is 18.2 Å². The Labute approximate surface area is 216 Å². The molecule has 38 heavy (non-hydrogen) atoms. The highest BCUT2D eigenvalue weighted by atomic mass is 16.4. The number of carboxylic acids is 2. The summed E-state index contributed by atoms with van der Waals surface area (Å²) in [6.07, 6.45) is 4.02. The number of carboxylic acid groups (broad SMARTS) is 2. The number of amides is 3. The number of benzene rings is 1. The lowest BCUT2D eigenvalue weighted by atomic mass is 10.0. The molecule has 3 rings (SSSR count). The molecule has 0 fully saturated rings. The number of nitrogens with two attached hydrogens (primary N) is 1. The third-order valence-corrected chi connectivity index (χ3v) is 5.77. The molecule has 3 atom stereocenters. The summed E-state index contributed by atoms with van der Waals surface area (Å²) in [4.78, 5) is 70.1. The first-order valence-corrected chi connectivity index (χ1v) is 11.7. The summed E-state index contributed by atoms with van der Waals surface area (Å²) in [5.41, 5.74) is 7.99. The number of aliphatic carboxylic acids is 2. The number of hydrogen-bond acceptors (Lipinski definition) is 7. The summed E-state index contributed by atoms with van der Waals surface area (Å²) < 4.78 is 0. The van der Waals surface area contributed by atoms with Crippen molar-refractivity contribution in [3.63, 3.8) is 0 Å². The minimum Gasteiger partial charge on any atom is -0.481 e. The molecule has 14 heteroatoms. The van der Waals surface area contributed by atoms with E-state index in [0.29, 0.717) is 11.3 Å². The van der Waals surface area contributed by atoms with Crippen LogP contribution < -0.4 is 21.7 Å². The third-order valence-electron chi connectivity index (χ3n) is 5.77. The van der Waals surface area contributed by atoms with Crippen molar-refractivity contribution < 1.29 is 34.2 Å². The van der Waals surface area contributed by atoms with E-state index in [-0.39, 0.29) is 19.3 Å². The number of fused-ring (bicyclic) bond motifs is 1. The Balaban J connectivity index is 1.56. The molecule has 3 aromatic rings. The number of imidazole rings is 1. The molecular formula is C24H29N7O7. The van der Waals surface area contributed by atoms with Crippen LogP contribution in [0, 0.1) is 0 Å². The summed E-state index contributed by atoms with van der Waals surface area (Å²) >= 11 is 0. The van der Waals surface area contributed by atoms with Gasteiger partial charge in [0.1, 0.15) is 12.1 Å². The first kappa shape index (κ1) is 27.9. The molecule has 202 valence electrons. The number of para-hydroxylation sites is 1. The Hall–Kier alpha value is -4.72. The van der Waals surface area contributed by atoms with Crippen molar-refractivity contribution in [2.75, 3.05) is 6.54 Å². The van der Waals surface area contributed by atoms with Crippen LogP contribution in [-0.2, 0) is 36.8 Å². The lowest BCUT2D eigenvalue weighted by Crippen LogP contribution is -2.54. The van der Waals surface area contributed by atoms with Gasteiger partial charge in [0, 0.05) is 48.3 Å². The van der Waals surface area contributed by atoms with Gasteiger partial charge >= 0.3 is 11.9 Å². The van der Waals surface area contributed by atoms with E-state index < -0.39 is 60.8 Å².